The van der Waals surface area contributed by atoms with Gasteiger partial charge in [0.25, 0.3) is 5.91 Å². The number of hydrogen-bond acceptors (Lipinski definition) is 5. The number of benzene rings is 1. The minimum Gasteiger partial charge on any atom is -0.512 e. The van der Waals surface area contributed by atoms with E-state index in [9.17, 15) is 19.1 Å². The van der Waals surface area contributed by atoms with Crippen LogP contribution in [0.4, 0.5) is 9.18 Å². The number of H-pyrrole nitrogens is 1. The summed E-state index contributed by atoms with van der Waals surface area (Å²) in [4.78, 5) is 36.0. The number of methoxy groups -OCH3 is 1. The Morgan fingerprint density at radius 3 is 2.86 bits per heavy atom. The highest BCUT2D eigenvalue weighted by molar-refractivity contribution is 6.08. The third kappa shape index (κ3) is 3.96. The summed E-state index contributed by atoms with van der Waals surface area (Å²) in [6.07, 6.45) is 11.0. The first kappa shape index (κ1) is 24.9. The van der Waals surface area contributed by atoms with Crippen molar-refractivity contribution in [3.63, 3.8) is 0 Å². The Balaban J connectivity index is 1.59. The molecule has 0 radical (unpaired) electrons. The molecule has 0 bridgehead atoms. The highest BCUT2D eigenvalue weighted by atomic mass is 19.1. The minimum atomic E-state index is -1.14. The quantitative estimate of drug-likeness (QED) is 0.437. The Bertz CT molecular complexity index is 1390. The van der Waals surface area contributed by atoms with Crippen LogP contribution < -0.4 is 4.74 Å². The summed E-state index contributed by atoms with van der Waals surface area (Å²) in [5.41, 5.74) is 1.71. The van der Waals surface area contributed by atoms with Crippen LogP contribution in [-0.2, 0) is 11.2 Å². The van der Waals surface area contributed by atoms with Gasteiger partial charge in [0.2, 0.25) is 0 Å². The molecule has 2 aromatic rings. The van der Waals surface area contributed by atoms with Gasteiger partial charge in [0.15, 0.2) is 11.6 Å². The number of aliphatic hydroxyl groups excluding tert-OH is 1. The lowest BCUT2D eigenvalue weighted by Gasteiger charge is -2.43. The largest absolute Gasteiger partial charge is 0.512 e. The molecule has 1 aromatic carbocycles. The molecule has 1 aromatic heterocycles. The molecule has 1 saturated heterocycles. The van der Waals surface area contributed by atoms with E-state index in [1.54, 1.807) is 24.0 Å². The van der Waals surface area contributed by atoms with E-state index in [4.69, 9.17) is 11.2 Å². The second-order valence-electron chi connectivity index (χ2n) is 10.2. The van der Waals surface area contributed by atoms with E-state index in [0.29, 0.717) is 43.6 Å². The second-order valence-corrected chi connectivity index (χ2v) is 10.2. The molecule has 2 atom stereocenters. The first-order valence-electron chi connectivity index (χ1n) is 12.4. The predicted octanol–water partition coefficient (Wildman–Crippen LogP) is 4.05. The molecule has 0 saturated carbocycles. The number of imide groups is 1. The SMILES string of the molecule is C#CCN(C)CCCN1C(=O)N2[C@H](C3=CCCC(O)=C3)c3[nH]c4cc(F)c(OC)cc4c3C[C@@]2(C)C1=O. The van der Waals surface area contributed by atoms with Crippen LogP contribution in [0.2, 0.25) is 0 Å². The maximum Gasteiger partial charge on any atom is 0.328 e. The number of fused-ring (bicyclic) bond motifs is 4. The zero-order valence-electron chi connectivity index (χ0n) is 21.3. The van der Waals surface area contributed by atoms with Gasteiger partial charge < -0.3 is 14.8 Å². The van der Waals surface area contributed by atoms with Crippen LogP contribution in [0.15, 0.2) is 35.6 Å². The van der Waals surface area contributed by atoms with Crippen molar-refractivity contribution < 1.29 is 23.8 Å². The minimum absolute atomic E-state index is 0.111. The molecule has 8 nitrogen and oxygen atoms in total. The Labute approximate surface area is 215 Å². The first-order chi connectivity index (χ1) is 17.7. The molecule has 3 heterocycles. The molecular formula is C28H31FN4O4. The van der Waals surface area contributed by atoms with Crippen molar-refractivity contribution >= 4 is 22.8 Å². The molecule has 0 unspecified atom stereocenters. The van der Waals surface area contributed by atoms with Gasteiger partial charge in [0.05, 0.1) is 19.4 Å². The van der Waals surface area contributed by atoms with Crippen molar-refractivity contribution in [2.24, 2.45) is 0 Å². The molecule has 2 N–H and O–H groups in total. The Morgan fingerprint density at radius 2 is 2.16 bits per heavy atom. The number of urea groups is 1. The number of allylic oxidation sites excluding steroid dienone is 2. The monoisotopic (exact) mass is 506 g/mol. The molecule has 3 amide bonds. The van der Waals surface area contributed by atoms with Crippen molar-refractivity contribution in [1.29, 1.82) is 0 Å². The van der Waals surface area contributed by atoms with Crippen molar-refractivity contribution in [3.05, 3.63) is 52.7 Å². The lowest BCUT2D eigenvalue weighted by atomic mass is 9.80. The van der Waals surface area contributed by atoms with Crippen molar-refractivity contribution in [3.8, 4) is 18.1 Å². The van der Waals surface area contributed by atoms with E-state index in [0.717, 1.165) is 16.5 Å². The predicted molar refractivity (Wildman–Crippen MR) is 138 cm³/mol. The topological polar surface area (TPSA) is 89.1 Å². The van der Waals surface area contributed by atoms with Gasteiger partial charge in [-0.2, -0.15) is 0 Å². The van der Waals surface area contributed by atoms with Gasteiger partial charge in [0.1, 0.15) is 11.6 Å². The summed E-state index contributed by atoms with van der Waals surface area (Å²) in [5.74, 6) is 2.16. The highest BCUT2D eigenvalue weighted by Gasteiger charge is 2.60. The standard InChI is InChI=1S/C28H31FN4O4/c1-5-10-31(3)11-7-12-32-26(35)28(2)16-20-19-14-23(37-4)21(29)15-22(19)30-24(20)25(33(28)27(32)36)17-8-6-9-18(34)13-17/h1,8,13-15,25,30,34H,6-7,9-12,16H2,2-4H3/t25-,28+/m1/s1. The van der Waals surface area contributed by atoms with Gasteiger partial charge in [-0.3, -0.25) is 19.5 Å². The third-order valence-electron chi connectivity index (χ3n) is 7.65. The number of halogens is 1. The average molecular weight is 507 g/mol. The summed E-state index contributed by atoms with van der Waals surface area (Å²) in [7, 11) is 3.31. The van der Waals surface area contributed by atoms with Crippen LogP contribution in [0, 0.1) is 18.2 Å². The third-order valence-corrected chi connectivity index (χ3v) is 7.65. The number of nitrogens with zero attached hydrogens (tertiary/aromatic N) is 3. The summed E-state index contributed by atoms with van der Waals surface area (Å²) >= 11 is 0. The zero-order chi connectivity index (χ0) is 26.5. The molecule has 5 rings (SSSR count). The van der Waals surface area contributed by atoms with E-state index in [1.807, 2.05) is 18.0 Å². The second kappa shape index (κ2) is 9.27. The highest BCUT2D eigenvalue weighted by Crippen LogP contribution is 2.50. The normalized spacial score (nSPS) is 23.2. The van der Waals surface area contributed by atoms with Crippen LogP contribution in [0.5, 0.6) is 5.75 Å². The molecule has 1 aliphatic carbocycles. The van der Waals surface area contributed by atoms with Crippen LogP contribution in [0.25, 0.3) is 10.9 Å². The Morgan fingerprint density at radius 1 is 1.38 bits per heavy atom. The zero-order valence-corrected chi connectivity index (χ0v) is 21.3. The Hall–Kier alpha value is -3.77. The van der Waals surface area contributed by atoms with Gasteiger partial charge in [-0.25, -0.2) is 9.18 Å². The number of terminal acetylenes is 1. The number of carbonyl (C=O) groups is 2. The maximum atomic E-state index is 14.6. The van der Waals surface area contributed by atoms with Gasteiger partial charge >= 0.3 is 6.03 Å². The van der Waals surface area contributed by atoms with Gasteiger partial charge in [0, 0.05) is 48.6 Å². The molecule has 0 spiro atoms. The fraction of sp³-hybridized carbons (Fsp3) is 0.429. The summed E-state index contributed by atoms with van der Waals surface area (Å²) < 4.78 is 19.8. The molecule has 1 fully saturated rings. The van der Waals surface area contributed by atoms with Gasteiger partial charge in [-0.05, 0) is 50.1 Å². The molecular weight excluding hydrogens is 475 g/mol. The number of amides is 3. The van der Waals surface area contributed by atoms with Crippen molar-refractivity contribution in [2.45, 2.75) is 44.2 Å². The fourth-order valence-electron chi connectivity index (χ4n) is 5.85. The molecule has 9 heteroatoms. The number of aromatic amines is 1. The summed E-state index contributed by atoms with van der Waals surface area (Å²) in [6.45, 7) is 3.21. The smallest absolute Gasteiger partial charge is 0.328 e. The fourth-order valence-corrected chi connectivity index (χ4v) is 5.85. The number of rotatable bonds is 7. The van der Waals surface area contributed by atoms with Crippen molar-refractivity contribution in [1.82, 2.24) is 19.7 Å². The van der Waals surface area contributed by atoms with Gasteiger partial charge in [-0.15, -0.1) is 6.42 Å². The number of aliphatic hydroxyl groups is 1. The van der Waals surface area contributed by atoms with Crippen LogP contribution in [0.1, 0.15) is 43.5 Å². The number of aromatic nitrogens is 1. The maximum absolute atomic E-state index is 14.6. The van der Waals surface area contributed by atoms with Crippen LogP contribution in [-0.4, -0.2) is 76.1 Å². The lowest BCUT2D eigenvalue weighted by molar-refractivity contribution is -0.133. The number of nitrogens with one attached hydrogen (secondary N) is 1. The van der Waals surface area contributed by atoms with Crippen LogP contribution >= 0.6 is 0 Å². The molecule has 37 heavy (non-hydrogen) atoms. The van der Waals surface area contributed by atoms with E-state index >= 15 is 0 Å². The molecule has 194 valence electrons. The van der Waals surface area contributed by atoms with E-state index in [2.05, 4.69) is 10.9 Å². The van der Waals surface area contributed by atoms with Crippen LogP contribution in [0.3, 0.4) is 0 Å². The summed E-state index contributed by atoms with van der Waals surface area (Å²) in [6, 6.07) is 2.01. The Kier molecular flexibility index (Phi) is 6.24. The van der Waals surface area contributed by atoms with E-state index in [-0.39, 0.29) is 36.4 Å². The number of hydrogen-bond donors (Lipinski definition) is 2. The summed E-state index contributed by atoms with van der Waals surface area (Å²) in [5, 5.41) is 11.1. The first-order valence-corrected chi connectivity index (χ1v) is 12.4. The van der Waals surface area contributed by atoms with E-state index < -0.39 is 17.4 Å². The van der Waals surface area contributed by atoms with E-state index in [1.165, 1.54) is 18.1 Å². The molecule has 3 aliphatic rings. The average Bonchev–Trinajstić information content (AvgIpc) is 3.29. The number of ether oxygens (including phenoxy) is 1. The molecule has 2 aliphatic heterocycles. The van der Waals surface area contributed by atoms with Gasteiger partial charge in [-0.1, -0.05) is 12.0 Å². The lowest BCUT2D eigenvalue weighted by Crippen LogP contribution is -2.53. The van der Waals surface area contributed by atoms with Crippen molar-refractivity contribution in [2.75, 3.05) is 33.8 Å². The number of carbonyl (C=O) groups excluding carboxylic acids is 2.